The molecule has 0 aliphatic heterocycles. The number of ether oxygens (including phenoxy) is 2. The molecular weight excluding hydrogens is 430 g/mol. The van der Waals surface area contributed by atoms with E-state index in [4.69, 9.17) is 25.5 Å². The van der Waals surface area contributed by atoms with Crippen LogP contribution in [-0.2, 0) is 11.2 Å². The molecule has 0 aliphatic rings. The van der Waals surface area contributed by atoms with E-state index in [0.717, 1.165) is 11.1 Å². The van der Waals surface area contributed by atoms with E-state index in [1.165, 1.54) is 0 Å². The van der Waals surface area contributed by atoms with Gasteiger partial charge in [-0.05, 0) is 54.1 Å². The van der Waals surface area contributed by atoms with Gasteiger partial charge in [0.15, 0.2) is 11.5 Å². The number of halogens is 1. The minimum absolute atomic E-state index is 0.167. The molecule has 7 nitrogen and oxygen atoms in total. The highest BCUT2D eigenvalue weighted by atomic mass is 35.5. The van der Waals surface area contributed by atoms with Crippen LogP contribution in [0.5, 0.6) is 11.5 Å². The van der Waals surface area contributed by atoms with Crippen LogP contribution in [0.2, 0.25) is 5.02 Å². The predicted molar refractivity (Wildman–Crippen MR) is 122 cm³/mol. The van der Waals surface area contributed by atoms with Crippen LogP contribution in [0.4, 0.5) is 5.69 Å². The number of aromatic nitrogens is 2. The number of nitrogens with zero attached hydrogens (tertiary/aromatic N) is 2. The van der Waals surface area contributed by atoms with E-state index in [2.05, 4.69) is 15.5 Å². The van der Waals surface area contributed by atoms with Gasteiger partial charge in [0, 0.05) is 21.8 Å². The molecule has 0 saturated heterocycles. The van der Waals surface area contributed by atoms with Crippen LogP contribution in [0.3, 0.4) is 0 Å². The lowest BCUT2D eigenvalue weighted by molar-refractivity contribution is -0.115. The van der Waals surface area contributed by atoms with Crippen molar-refractivity contribution in [2.45, 2.75) is 6.42 Å². The van der Waals surface area contributed by atoms with Crippen molar-refractivity contribution < 1.29 is 18.7 Å². The Morgan fingerprint density at radius 1 is 0.906 bits per heavy atom. The van der Waals surface area contributed by atoms with E-state index >= 15 is 0 Å². The minimum atomic E-state index is -0.167. The molecule has 32 heavy (non-hydrogen) atoms. The SMILES string of the molecule is COc1ccc(CC(=O)Nc2cccc(-c3nnc(-c4cccc(Cl)c4)o3)c2)cc1OC. The number of rotatable bonds is 7. The maximum atomic E-state index is 12.6. The molecule has 4 aromatic rings. The van der Waals surface area contributed by atoms with Gasteiger partial charge in [-0.2, -0.15) is 0 Å². The first-order chi connectivity index (χ1) is 15.6. The van der Waals surface area contributed by atoms with Gasteiger partial charge in [0.2, 0.25) is 17.7 Å². The van der Waals surface area contributed by atoms with Crippen molar-refractivity contribution in [3.8, 4) is 34.4 Å². The fourth-order valence-electron chi connectivity index (χ4n) is 3.19. The van der Waals surface area contributed by atoms with Gasteiger partial charge in [0.05, 0.1) is 20.6 Å². The average molecular weight is 450 g/mol. The van der Waals surface area contributed by atoms with Crippen LogP contribution >= 0.6 is 11.6 Å². The minimum Gasteiger partial charge on any atom is -0.493 e. The summed E-state index contributed by atoms with van der Waals surface area (Å²) in [7, 11) is 3.13. The number of benzene rings is 3. The van der Waals surface area contributed by atoms with Gasteiger partial charge in [-0.15, -0.1) is 10.2 Å². The molecule has 1 amide bonds. The zero-order valence-electron chi connectivity index (χ0n) is 17.5. The first-order valence-electron chi connectivity index (χ1n) is 9.76. The fourth-order valence-corrected chi connectivity index (χ4v) is 3.38. The standard InChI is InChI=1S/C24H20ClN3O4/c1-30-20-10-9-15(11-21(20)31-2)12-22(29)26-19-8-4-6-17(14-19)24-28-27-23(32-24)16-5-3-7-18(25)13-16/h3-11,13-14H,12H2,1-2H3,(H,26,29). The molecule has 0 saturated carbocycles. The largest absolute Gasteiger partial charge is 0.493 e. The lowest BCUT2D eigenvalue weighted by atomic mass is 10.1. The summed E-state index contributed by atoms with van der Waals surface area (Å²) in [5.41, 5.74) is 2.85. The number of carbonyl (C=O) groups is 1. The van der Waals surface area contributed by atoms with Gasteiger partial charge in [-0.3, -0.25) is 4.79 Å². The van der Waals surface area contributed by atoms with Gasteiger partial charge in [-0.25, -0.2) is 0 Å². The molecule has 162 valence electrons. The number of amides is 1. The maximum Gasteiger partial charge on any atom is 0.248 e. The fraction of sp³-hybridized carbons (Fsp3) is 0.125. The molecular formula is C24H20ClN3O4. The molecule has 0 aliphatic carbocycles. The van der Waals surface area contributed by atoms with Crippen LogP contribution in [-0.4, -0.2) is 30.3 Å². The van der Waals surface area contributed by atoms with Crippen molar-refractivity contribution in [3.63, 3.8) is 0 Å². The summed E-state index contributed by atoms with van der Waals surface area (Å²) in [6, 6.07) is 19.8. The highest BCUT2D eigenvalue weighted by molar-refractivity contribution is 6.30. The summed E-state index contributed by atoms with van der Waals surface area (Å²) in [6.07, 6.45) is 0.185. The van der Waals surface area contributed by atoms with Crippen LogP contribution in [0.25, 0.3) is 22.9 Å². The van der Waals surface area contributed by atoms with Gasteiger partial charge in [0.1, 0.15) is 0 Å². The second-order valence-electron chi connectivity index (χ2n) is 6.92. The number of hydrogen-bond acceptors (Lipinski definition) is 6. The number of methoxy groups -OCH3 is 2. The third kappa shape index (κ3) is 4.90. The quantitative estimate of drug-likeness (QED) is 0.414. The Morgan fingerprint density at radius 3 is 2.28 bits per heavy atom. The molecule has 1 aromatic heterocycles. The Hall–Kier alpha value is -3.84. The van der Waals surface area contributed by atoms with Gasteiger partial charge in [0.25, 0.3) is 0 Å². The van der Waals surface area contributed by atoms with Crippen LogP contribution in [0.1, 0.15) is 5.56 Å². The summed E-state index contributed by atoms with van der Waals surface area (Å²) in [6.45, 7) is 0. The molecule has 0 spiro atoms. The molecule has 0 atom stereocenters. The highest BCUT2D eigenvalue weighted by Gasteiger charge is 2.13. The summed E-state index contributed by atoms with van der Waals surface area (Å²) in [5.74, 6) is 1.73. The molecule has 1 heterocycles. The average Bonchev–Trinajstić information content (AvgIpc) is 3.29. The van der Waals surface area contributed by atoms with E-state index in [-0.39, 0.29) is 12.3 Å². The van der Waals surface area contributed by atoms with E-state index in [1.807, 2.05) is 30.3 Å². The monoisotopic (exact) mass is 449 g/mol. The van der Waals surface area contributed by atoms with E-state index in [0.29, 0.717) is 39.6 Å². The van der Waals surface area contributed by atoms with Gasteiger partial charge >= 0.3 is 0 Å². The Bertz CT molecular complexity index is 1260. The van der Waals surface area contributed by atoms with Crippen molar-refractivity contribution >= 4 is 23.2 Å². The number of carbonyl (C=O) groups excluding carboxylic acids is 1. The lowest BCUT2D eigenvalue weighted by Crippen LogP contribution is -2.14. The molecule has 0 fully saturated rings. The third-order valence-electron chi connectivity index (χ3n) is 4.70. The number of nitrogens with one attached hydrogen (secondary N) is 1. The maximum absolute atomic E-state index is 12.6. The van der Waals surface area contributed by atoms with E-state index in [1.54, 1.807) is 50.6 Å². The predicted octanol–water partition coefficient (Wildman–Crippen LogP) is 5.26. The molecule has 0 bridgehead atoms. The highest BCUT2D eigenvalue weighted by Crippen LogP contribution is 2.29. The normalized spacial score (nSPS) is 10.6. The second-order valence-corrected chi connectivity index (χ2v) is 7.35. The van der Waals surface area contributed by atoms with Crippen LogP contribution in [0, 0.1) is 0 Å². The number of anilines is 1. The molecule has 1 N–H and O–H groups in total. The summed E-state index contributed by atoms with van der Waals surface area (Å²) in [4.78, 5) is 12.6. The molecule has 4 rings (SSSR count). The van der Waals surface area contributed by atoms with E-state index in [9.17, 15) is 4.79 Å². The molecule has 3 aromatic carbocycles. The summed E-state index contributed by atoms with van der Waals surface area (Å²) in [5, 5.41) is 11.7. The van der Waals surface area contributed by atoms with Crippen molar-refractivity contribution in [2.24, 2.45) is 0 Å². The lowest BCUT2D eigenvalue weighted by Gasteiger charge is -2.10. The summed E-state index contributed by atoms with van der Waals surface area (Å²) < 4.78 is 16.3. The second kappa shape index (κ2) is 9.53. The first-order valence-corrected chi connectivity index (χ1v) is 10.1. The zero-order valence-corrected chi connectivity index (χ0v) is 18.2. The Kier molecular flexibility index (Phi) is 6.37. The summed E-state index contributed by atoms with van der Waals surface area (Å²) >= 11 is 6.03. The zero-order chi connectivity index (χ0) is 22.5. The van der Waals surface area contributed by atoms with Crippen molar-refractivity contribution in [1.29, 1.82) is 0 Å². The smallest absolute Gasteiger partial charge is 0.248 e. The van der Waals surface area contributed by atoms with Crippen LogP contribution in [0.15, 0.2) is 71.1 Å². The number of hydrogen-bond donors (Lipinski definition) is 1. The molecule has 0 radical (unpaired) electrons. The van der Waals surface area contributed by atoms with Gasteiger partial charge < -0.3 is 19.2 Å². The van der Waals surface area contributed by atoms with Crippen molar-refractivity contribution in [2.75, 3.05) is 19.5 Å². The van der Waals surface area contributed by atoms with E-state index < -0.39 is 0 Å². The Morgan fingerprint density at radius 2 is 1.59 bits per heavy atom. The molecule has 0 unspecified atom stereocenters. The third-order valence-corrected chi connectivity index (χ3v) is 4.94. The van der Waals surface area contributed by atoms with Gasteiger partial charge in [-0.1, -0.05) is 29.8 Å². The van der Waals surface area contributed by atoms with Crippen molar-refractivity contribution in [1.82, 2.24) is 10.2 Å². The van der Waals surface area contributed by atoms with Crippen molar-refractivity contribution in [3.05, 3.63) is 77.3 Å². The Balaban J connectivity index is 1.47. The molecule has 8 heteroatoms. The topological polar surface area (TPSA) is 86.5 Å². The van der Waals surface area contributed by atoms with Crippen LogP contribution < -0.4 is 14.8 Å². The Labute approximate surface area is 190 Å². The first kappa shape index (κ1) is 21.4.